The summed E-state index contributed by atoms with van der Waals surface area (Å²) < 4.78 is 5.27. The van der Waals surface area contributed by atoms with Gasteiger partial charge in [-0.15, -0.1) is 0 Å². The Kier molecular flexibility index (Phi) is 3.57. The molecule has 2 heterocycles. The lowest BCUT2D eigenvalue weighted by Gasteiger charge is -2.09. The van der Waals surface area contributed by atoms with Crippen molar-refractivity contribution >= 4 is 5.97 Å². The fraction of sp³-hybridized carbons (Fsp3) is 0.0625. The molecule has 3 rings (SSSR count). The SMILES string of the molecule is COc1ccc(C(=O)O)nc1-c1ccc(-c2cn[nH]c2)cc1. The Morgan fingerprint density at radius 2 is 1.82 bits per heavy atom. The van der Waals surface area contributed by atoms with E-state index in [0.717, 1.165) is 16.7 Å². The van der Waals surface area contributed by atoms with Crippen LogP contribution in [0.25, 0.3) is 22.4 Å². The molecule has 0 radical (unpaired) electrons. The van der Waals surface area contributed by atoms with Crippen molar-refractivity contribution in [2.45, 2.75) is 0 Å². The third-order valence-corrected chi connectivity index (χ3v) is 3.29. The first-order valence-corrected chi connectivity index (χ1v) is 6.57. The van der Waals surface area contributed by atoms with Gasteiger partial charge in [-0.3, -0.25) is 5.10 Å². The van der Waals surface area contributed by atoms with E-state index < -0.39 is 5.97 Å². The van der Waals surface area contributed by atoms with Gasteiger partial charge in [-0.2, -0.15) is 5.10 Å². The predicted molar refractivity (Wildman–Crippen MR) is 80.8 cm³/mol. The summed E-state index contributed by atoms with van der Waals surface area (Å²) in [6.07, 6.45) is 3.54. The lowest BCUT2D eigenvalue weighted by atomic mass is 10.0. The average Bonchev–Trinajstić information content (AvgIpc) is 3.09. The number of carboxylic acid groups (broad SMARTS) is 1. The molecule has 2 aromatic heterocycles. The summed E-state index contributed by atoms with van der Waals surface area (Å²) in [4.78, 5) is 15.2. The van der Waals surface area contributed by atoms with Gasteiger partial charge in [0.2, 0.25) is 0 Å². The lowest BCUT2D eigenvalue weighted by Crippen LogP contribution is -2.02. The van der Waals surface area contributed by atoms with E-state index in [1.165, 1.54) is 13.2 Å². The van der Waals surface area contributed by atoms with Crippen molar-refractivity contribution in [3.8, 4) is 28.1 Å². The largest absolute Gasteiger partial charge is 0.494 e. The maximum absolute atomic E-state index is 11.1. The fourth-order valence-electron chi connectivity index (χ4n) is 2.17. The molecule has 6 heteroatoms. The molecule has 1 aromatic carbocycles. The summed E-state index contributed by atoms with van der Waals surface area (Å²) in [7, 11) is 1.53. The van der Waals surface area contributed by atoms with Gasteiger partial charge in [-0.1, -0.05) is 24.3 Å². The van der Waals surface area contributed by atoms with Crippen LogP contribution in [0.3, 0.4) is 0 Å². The van der Waals surface area contributed by atoms with Crippen molar-refractivity contribution in [2.24, 2.45) is 0 Å². The molecule has 0 unspecified atom stereocenters. The number of aromatic amines is 1. The fourth-order valence-corrected chi connectivity index (χ4v) is 2.17. The number of hydrogen-bond acceptors (Lipinski definition) is 4. The number of H-pyrrole nitrogens is 1. The number of aromatic carboxylic acids is 1. The van der Waals surface area contributed by atoms with Gasteiger partial charge in [0.15, 0.2) is 0 Å². The molecule has 2 N–H and O–H groups in total. The standard InChI is InChI=1S/C16H13N3O3/c1-22-14-7-6-13(16(20)21)19-15(14)11-4-2-10(3-5-11)12-8-17-18-9-12/h2-9H,1H3,(H,17,18)(H,20,21). The average molecular weight is 295 g/mol. The number of carboxylic acids is 1. The first kappa shape index (κ1) is 13.8. The normalized spacial score (nSPS) is 10.4. The number of carbonyl (C=O) groups is 1. The van der Waals surface area contributed by atoms with E-state index in [-0.39, 0.29) is 5.69 Å². The molecular formula is C16H13N3O3. The van der Waals surface area contributed by atoms with E-state index in [0.29, 0.717) is 11.4 Å². The van der Waals surface area contributed by atoms with E-state index in [2.05, 4.69) is 15.2 Å². The van der Waals surface area contributed by atoms with Crippen molar-refractivity contribution in [3.05, 3.63) is 54.5 Å². The van der Waals surface area contributed by atoms with Gasteiger partial charge >= 0.3 is 5.97 Å². The highest BCUT2D eigenvalue weighted by molar-refractivity contribution is 5.87. The summed E-state index contributed by atoms with van der Waals surface area (Å²) in [5, 5.41) is 15.8. The molecule has 0 aliphatic rings. The Balaban J connectivity index is 2.03. The molecule has 3 aromatic rings. The molecule has 0 spiro atoms. The van der Waals surface area contributed by atoms with Gasteiger partial charge in [-0.05, 0) is 17.7 Å². The van der Waals surface area contributed by atoms with Crippen LogP contribution >= 0.6 is 0 Å². The number of aromatic nitrogens is 3. The lowest BCUT2D eigenvalue weighted by molar-refractivity contribution is 0.0690. The van der Waals surface area contributed by atoms with Gasteiger partial charge < -0.3 is 9.84 Å². The second kappa shape index (κ2) is 5.69. The van der Waals surface area contributed by atoms with Crippen LogP contribution < -0.4 is 4.74 Å². The van der Waals surface area contributed by atoms with Crippen molar-refractivity contribution in [3.63, 3.8) is 0 Å². The number of ether oxygens (including phenoxy) is 1. The summed E-state index contributed by atoms with van der Waals surface area (Å²) in [6.45, 7) is 0. The first-order valence-electron chi connectivity index (χ1n) is 6.57. The van der Waals surface area contributed by atoms with Crippen molar-refractivity contribution in [1.29, 1.82) is 0 Å². The zero-order valence-corrected chi connectivity index (χ0v) is 11.8. The van der Waals surface area contributed by atoms with Crippen molar-refractivity contribution in [1.82, 2.24) is 15.2 Å². The highest BCUT2D eigenvalue weighted by atomic mass is 16.5. The molecule has 0 fully saturated rings. The van der Waals surface area contributed by atoms with Crippen molar-refractivity contribution in [2.75, 3.05) is 7.11 Å². The van der Waals surface area contributed by atoms with Gasteiger partial charge in [0.05, 0.1) is 13.3 Å². The van der Waals surface area contributed by atoms with E-state index in [1.54, 1.807) is 18.5 Å². The minimum absolute atomic E-state index is 0.0188. The van der Waals surface area contributed by atoms with Crippen molar-refractivity contribution < 1.29 is 14.6 Å². The Bertz CT molecular complexity index is 796. The minimum atomic E-state index is -1.07. The molecule has 6 nitrogen and oxygen atoms in total. The molecule has 0 atom stereocenters. The second-order valence-electron chi connectivity index (χ2n) is 4.62. The molecule has 0 aliphatic heterocycles. The molecule has 0 saturated heterocycles. The third-order valence-electron chi connectivity index (χ3n) is 3.29. The molecule has 0 aliphatic carbocycles. The van der Waals surface area contributed by atoms with E-state index >= 15 is 0 Å². The molecule has 0 bridgehead atoms. The highest BCUT2D eigenvalue weighted by Gasteiger charge is 2.13. The molecule has 110 valence electrons. The zero-order chi connectivity index (χ0) is 15.5. The summed E-state index contributed by atoms with van der Waals surface area (Å²) >= 11 is 0. The number of rotatable bonds is 4. The van der Waals surface area contributed by atoms with Crippen LogP contribution in [0.1, 0.15) is 10.5 Å². The predicted octanol–water partition coefficient (Wildman–Crippen LogP) is 2.85. The maximum Gasteiger partial charge on any atom is 0.354 e. The molecular weight excluding hydrogens is 282 g/mol. The van der Waals surface area contributed by atoms with E-state index in [1.807, 2.05) is 24.3 Å². The van der Waals surface area contributed by atoms with Crippen LogP contribution in [0.2, 0.25) is 0 Å². The van der Waals surface area contributed by atoms with Gasteiger partial charge in [0.1, 0.15) is 17.1 Å². The Morgan fingerprint density at radius 3 is 2.41 bits per heavy atom. The smallest absolute Gasteiger partial charge is 0.354 e. The maximum atomic E-state index is 11.1. The van der Waals surface area contributed by atoms with Crippen LogP contribution in [-0.4, -0.2) is 33.4 Å². The monoisotopic (exact) mass is 295 g/mol. The second-order valence-corrected chi connectivity index (χ2v) is 4.62. The molecule has 0 amide bonds. The Labute approximate surface area is 126 Å². The number of hydrogen-bond donors (Lipinski definition) is 2. The van der Waals surface area contributed by atoms with Gasteiger partial charge in [0, 0.05) is 17.3 Å². The van der Waals surface area contributed by atoms with E-state index in [9.17, 15) is 4.79 Å². The summed E-state index contributed by atoms with van der Waals surface area (Å²) in [6, 6.07) is 10.6. The Hall–Kier alpha value is -3.15. The summed E-state index contributed by atoms with van der Waals surface area (Å²) in [5.74, 6) is -0.542. The number of pyridine rings is 1. The number of methoxy groups -OCH3 is 1. The van der Waals surface area contributed by atoms with Gasteiger partial charge in [0.25, 0.3) is 0 Å². The quantitative estimate of drug-likeness (QED) is 0.772. The highest BCUT2D eigenvalue weighted by Crippen LogP contribution is 2.30. The van der Waals surface area contributed by atoms with E-state index in [4.69, 9.17) is 9.84 Å². The topological polar surface area (TPSA) is 88.1 Å². The third kappa shape index (κ3) is 2.54. The van der Waals surface area contributed by atoms with Crippen LogP contribution in [0.15, 0.2) is 48.8 Å². The summed E-state index contributed by atoms with van der Waals surface area (Å²) in [5.41, 5.74) is 3.25. The van der Waals surface area contributed by atoms with Crippen LogP contribution in [-0.2, 0) is 0 Å². The number of benzene rings is 1. The Morgan fingerprint density at radius 1 is 1.09 bits per heavy atom. The number of nitrogens with one attached hydrogen (secondary N) is 1. The minimum Gasteiger partial charge on any atom is -0.494 e. The van der Waals surface area contributed by atoms with Gasteiger partial charge in [-0.25, -0.2) is 9.78 Å². The first-order chi connectivity index (χ1) is 10.7. The van der Waals surface area contributed by atoms with Crippen LogP contribution in [0.5, 0.6) is 5.75 Å². The molecule has 22 heavy (non-hydrogen) atoms. The molecule has 0 saturated carbocycles. The van der Waals surface area contributed by atoms with Crippen LogP contribution in [0, 0.1) is 0 Å². The van der Waals surface area contributed by atoms with Crippen LogP contribution in [0.4, 0.5) is 0 Å². The zero-order valence-electron chi connectivity index (χ0n) is 11.8. The number of nitrogens with zero attached hydrogens (tertiary/aromatic N) is 2.